The van der Waals surface area contributed by atoms with E-state index in [1.165, 1.54) is 63.8 Å². The fraction of sp³-hybridized carbons (Fsp3) is 0.298. The molecule has 26 heteroatoms. The van der Waals surface area contributed by atoms with Gasteiger partial charge in [-0.1, -0.05) is 12.1 Å². The molecule has 0 aliphatic carbocycles. The molecule has 0 fully saturated rings. The number of esters is 2. The van der Waals surface area contributed by atoms with Gasteiger partial charge < -0.3 is 39.4 Å². The van der Waals surface area contributed by atoms with Crippen molar-refractivity contribution in [3.63, 3.8) is 0 Å². The molecule has 0 aliphatic heterocycles. The van der Waals surface area contributed by atoms with E-state index in [4.69, 9.17) is 33.9 Å². The third-order valence-corrected chi connectivity index (χ3v) is 9.58. The van der Waals surface area contributed by atoms with Crippen LogP contribution in [0.5, 0.6) is 17.6 Å². The number of aryl methyl sites for hydroxylation is 3. The number of carboxylic acids is 1. The van der Waals surface area contributed by atoms with Crippen LogP contribution in [0.2, 0.25) is 0 Å². The fourth-order valence-electron chi connectivity index (χ4n) is 6.50. The number of carbonyl (C=O) groups excluding carboxylic acids is 2. The number of nitrogens with zero attached hydrogens (tertiary/aromatic N) is 14. The van der Waals surface area contributed by atoms with E-state index in [0.717, 1.165) is 39.8 Å². The summed E-state index contributed by atoms with van der Waals surface area (Å²) in [5.41, 5.74) is 6.16. The monoisotopic (exact) mass is 1130 g/mol. The van der Waals surface area contributed by atoms with Crippen LogP contribution in [-0.4, -0.2) is 127 Å². The normalized spacial score (nSPS) is 10.8. The van der Waals surface area contributed by atoms with Gasteiger partial charge in [-0.25, -0.2) is 58.3 Å². The Kier molecular flexibility index (Phi) is 28.5. The molecular weight excluding hydrogens is 1060 g/mol. The summed E-state index contributed by atoms with van der Waals surface area (Å²) in [6, 6.07) is 21.8. The number of hydrogen-bond acceptors (Lipinski definition) is 21. The Hall–Kier alpha value is -9.28. The minimum atomic E-state index is -1.04. The number of aliphatic hydroxyl groups excluding tert-OH is 1. The standard InChI is InChI=1S/C20H21N5O3.C17H22N4O3.C14H16N4O3.C6H7NO.Li.H2O/c1-14(2)28-18-11-16(10-15(3)23-18)20-22-13-25(24-20)9-7-19(26)27-12-17-6-4-5-8-21-17;1-11(2)23-15-9-14(8-13(5)19-15)17-18-10-21(20-17)7-6-16(22)24-12(3)4;1-9(2)21-12-7-11(6-10(3)16-12)14-15-8-18(17-14)5-4-13(19)20;8-5-6-3-1-2-4-7-6;;/h4-11,13-14H,12H2,1-3H3;6-12H,1-5H3;4-9H,1-3H3,(H,19,20);1-4,8H,5H2;;1H2/q;;;;+1;/p-1/b9-7-;7-6-;5-4-;;;. The molecule has 0 aromatic carbocycles. The van der Waals surface area contributed by atoms with Gasteiger partial charge in [0.15, 0.2) is 17.5 Å². The van der Waals surface area contributed by atoms with E-state index >= 15 is 0 Å². The van der Waals surface area contributed by atoms with Crippen LogP contribution in [0.4, 0.5) is 0 Å². The van der Waals surface area contributed by atoms with Crippen molar-refractivity contribution in [3.8, 4) is 51.8 Å². The molecular formula is C57H67LiN14O11. The first kappa shape index (κ1) is 68.0. The molecule has 25 nitrogen and oxygen atoms in total. The minimum absolute atomic E-state index is 0. The molecule has 0 aliphatic rings. The van der Waals surface area contributed by atoms with Crippen LogP contribution in [0, 0.1) is 20.8 Å². The summed E-state index contributed by atoms with van der Waals surface area (Å²) in [6.45, 7) is 21.0. The van der Waals surface area contributed by atoms with Crippen molar-refractivity contribution < 1.29 is 72.6 Å². The number of aromatic nitrogens is 14. The van der Waals surface area contributed by atoms with Crippen molar-refractivity contribution in [2.75, 3.05) is 0 Å². The van der Waals surface area contributed by atoms with Gasteiger partial charge in [0.2, 0.25) is 17.6 Å². The summed E-state index contributed by atoms with van der Waals surface area (Å²) < 4.78 is 31.2. The van der Waals surface area contributed by atoms with Crippen LogP contribution in [0.25, 0.3) is 52.8 Å². The van der Waals surface area contributed by atoms with Crippen molar-refractivity contribution in [2.24, 2.45) is 0 Å². The largest absolute Gasteiger partial charge is 1.00 e. The summed E-state index contributed by atoms with van der Waals surface area (Å²) in [4.78, 5) is 67.4. The molecule has 0 amide bonds. The summed E-state index contributed by atoms with van der Waals surface area (Å²) in [5, 5.41) is 29.9. The second-order valence-electron chi connectivity index (χ2n) is 18.3. The minimum Gasteiger partial charge on any atom is -0.870 e. The predicted molar refractivity (Wildman–Crippen MR) is 302 cm³/mol. The molecule has 0 atom stereocenters. The van der Waals surface area contributed by atoms with Gasteiger partial charge in [0.05, 0.1) is 42.4 Å². The molecule has 8 rings (SSSR count). The third kappa shape index (κ3) is 25.4. The molecule has 0 bridgehead atoms. The maximum atomic E-state index is 11.8. The summed E-state index contributed by atoms with van der Waals surface area (Å²) in [5.74, 6) is 1.12. The van der Waals surface area contributed by atoms with Crippen molar-refractivity contribution >= 4 is 36.5 Å². The maximum absolute atomic E-state index is 11.8. The van der Waals surface area contributed by atoms with E-state index in [9.17, 15) is 14.4 Å². The Morgan fingerprint density at radius 3 is 1.22 bits per heavy atom. The van der Waals surface area contributed by atoms with E-state index in [2.05, 4.69) is 55.2 Å². The number of hydrogen-bond donors (Lipinski definition) is 2. The SMILES string of the molecule is Cc1cc(-c2ncn(/C=C\C(=O)O)n2)cc(OC(C)C)n1.Cc1cc(-c2ncn(/C=C\C(=O)OC(C)C)n2)cc(OC(C)C)n1.Cc1cc(-c2ncn(/C=C\C(=O)OCc3ccccn3)n2)cc(OC(C)C)n1.OCc1ccccn1.[Li+].[OH-]. The summed E-state index contributed by atoms with van der Waals surface area (Å²) >= 11 is 0. The summed E-state index contributed by atoms with van der Waals surface area (Å²) in [7, 11) is 0. The fourth-order valence-corrected chi connectivity index (χ4v) is 6.50. The molecule has 0 saturated carbocycles. The number of ether oxygens (including phenoxy) is 5. The Balaban J connectivity index is 0.000000304. The van der Waals surface area contributed by atoms with Crippen LogP contribution in [0.1, 0.15) is 83.9 Å². The topological polar surface area (TPSA) is 324 Å². The molecule has 432 valence electrons. The van der Waals surface area contributed by atoms with Gasteiger partial charge in [-0.15, -0.1) is 15.3 Å². The molecule has 0 spiro atoms. The first-order chi connectivity index (χ1) is 38.7. The third-order valence-electron chi connectivity index (χ3n) is 9.58. The Morgan fingerprint density at radius 2 is 0.892 bits per heavy atom. The molecule has 8 aromatic heterocycles. The number of carbonyl (C=O) groups is 3. The number of aliphatic hydroxyl groups is 1. The average Bonchev–Trinajstić information content (AvgIpc) is 4.43. The van der Waals surface area contributed by atoms with Crippen LogP contribution >= 0.6 is 0 Å². The van der Waals surface area contributed by atoms with Crippen LogP contribution in [-0.2, 0) is 37.1 Å². The molecule has 3 N–H and O–H groups in total. The zero-order valence-electron chi connectivity index (χ0n) is 48.4. The van der Waals surface area contributed by atoms with Gasteiger partial charge >= 0.3 is 36.8 Å². The second kappa shape index (κ2) is 34.8. The molecule has 8 heterocycles. The van der Waals surface area contributed by atoms with Gasteiger partial charge in [-0.2, -0.15) is 0 Å². The zero-order valence-corrected chi connectivity index (χ0v) is 48.4. The van der Waals surface area contributed by atoms with Gasteiger partial charge in [-0.05, 0) is 119 Å². The first-order valence-electron chi connectivity index (χ1n) is 25.5. The summed E-state index contributed by atoms with van der Waals surface area (Å²) in [6.07, 6.45) is 15.6. The zero-order chi connectivity index (χ0) is 58.8. The van der Waals surface area contributed by atoms with E-state index in [-0.39, 0.29) is 62.0 Å². The molecule has 8 aromatic rings. The van der Waals surface area contributed by atoms with Crippen molar-refractivity contribution in [1.82, 2.24) is 69.2 Å². The Morgan fingerprint density at radius 1 is 0.518 bits per heavy atom. The van der Waals surface area contributed by atoms with E-state index in [1.54, 1.807) is 62.6 Å². The van der Waals surface area contributed by atoms with Crippen LogP contribution < -0.4 is 33.1 Å². The first-order valence-corrected chi connectivity index (χ1v) is 25.5. The number of aliphatic carboxylic acids is 1. The van der Waals surface area contributed by atoms with Crippen molar-refractivity contribution in [3.05, 3.63) is 151 Å². The Labute approximate surface area is 492 Å². The number of pyridine rings is 5. The van der Waals surface area contributed by atoms with Crippen LogP contribution in [0.3, 0.4) is 0 Å². The smallest absolute Gasteiger partial charge is 0.870 e. The van der Waals surface area contributed by atoms with Gasteiger partial charge in [0.25, 0.3) is 0 Å². The van der Waals surface area contributed by atoms with Gasteiger partial charge in [0, 0.05) is 101 Å². The molecule has 0 saturated heterocycles. The molecule has 83 heavy (non-hydrogen) atoms. The quantitative estimate of drug-likeness (QED) is 0.0589. The van der Waals surface area contributed by atoms with Crippen molar-refractivity contribution in [2.45, 2.75) is 114 Å². The second-order valence-corrected chi connectivity index (χ2v) is 18.3. The molecule has 0 radical (unpaired) electrons. The van der Waals surface area contributed by atoms with E-state index in [1.807, 2.05) is 98.7 Å². The maximum Gasteiger partial charge on any atom is 1.00 e. The van der Waals surface area contributed by atoms with E-state index in [0.29, 0.717) is 46.5 Å². The van der Waals surface area contributed by atoms with Crippen LogP contribution in [0.15, 0.2) is 122 Å². The molecule has 0 unspecified atom stereocenters. The number of carboxylic acid groups (broad SMARTS) is 1. The predicted octanol–water partition coefficient (Wildman–Crippen LogP) is 5.29. The Bertz CT molecular complexity index is 3360. The van der Waals surface area contributed by atoms with Gasteiger partial charge in [-0.3, -0.25) is 9.97 Å². The number of rotatable bonds is 19. The van der Waals surface area contributed by atoms with Gasteiger partial charge in [0.1, 0.15) is 25.6 Å². The van der Waals surface area contributed by atoms with E-state index < -0.39 is 17.9 Å². The van der Waals surface area contributed by atoms with Crippen molar-refractivity contribution in [1.29, 1.82) is 0 Å². The average molecular weight is 1130 g/mol.